The molecular weight excluding hydrogens is 406 g/mol. The number of alkyl halides is 2. The Labute approximate surface area is 140 Å². The van der Waals surface area contributed by atoms with Gasteiger partial charge in [0.1, 0.15) is 5.82 Å². The highest BCUT2D eigenvalue weighted by atomic mass is 79.9. The van der Waals surface area contributed by atoms with E-state index in [1.54, 1.807) is 12.1 Å². The van der Waals surface area contributed by atoms with Crippen molar-refractivity contribution in [3.63, 3.8) is 0 Å². The van der Waals surface area contributed by atoms with Gasteiger partial charge in [0.25, 0.3) is 0 Å². The first-order valence-corrected chi connectivity index (χ1v) is 8.85. The lowest BCUT2D eigenvalue weighted by molar-refractivity contribution is 0.541. The van der Waals surface area contributed by atoms with Crippen LogP contribution in [-0.2, 0) is 11.8 Å². The van der Waals surface area contributed by atoms with E-state index >= 15 is 0 Å². The molecule has 0 amide bonds. The summed E-state index contributed by atoms with van der Waals surface area (Å²) in [5, 5.41) is 2.19. The monoisotopic (exact) mass is 418 g/mol. The van der Waals surface area contributed by atoms with E-state index in [9.17, 15) is 4.39 Å². The SMILES string of the molecule is Fc1cccc(C(CBr)(CBr)Cc2ccccc2Cl)c1. The number of hydrogen-bond donors (Lipinski definition) is 0. The van der Waals surface area contributed by atoms with Crippen LogP contribution < -0.4 is 0 Å². The van der Waals surface area contributed by atoms with Crippen LogP contribution in [0.1, 0.15) is 11.1 Å². The molecule has 2 aromatic carbocycles. The van der Waals surface area contributed by atoms with Crippen molar-refractivity contribution in [3.05, 3.63) is 70.5 Å². The van der Waals surface area contributed by atoms with Crippen molar-refractivity contribution in [2.24, 2.45) is 0 Å². The summed E-state index contributed by atoms with van der Waals surface area (Å²) in [5.41, 5.74) is 1.80. The third-order valence-corrected chi connectivity index (χ3v) is 5.95. The van der Waals surface area contributed by atoms with Crippen LogP contribution in [0.5, 0.6) is 0 Å². The number of halogens is 4. The highest BCUT2D eigenvalue weighted by molar-refractivity contribution is 9.09. The smallest absolute Gasteiger partial charge is 0.123 e. The fourth-order valence-electron chi connectivity index (χ4n) is 2.21. The molecule has 0 aliphatic carbocycles. The van der Waals surface area contributed by atoms with Crippen LogP contribution in [-0.4, -0.2) is 10.7 Å². The van der Waals surface area contributed by atoms with Crippen molar-refractivity contribution in [3.8, 4) is 0 Å². The maximum absolute atomic E-state index is 13.5. The molecule has 2 aromatic rings. The van der Waals surface area contributed by atoms with Crippen molar-refractivity contribution >= 4 is 43.5 Å². The molecule has 0 spiro atoms. The van der Waals surface area contributed by atoms with Gasteiger partial charge < -0.3 is 0 Å². The van der Waals surface area contributed by atoms with Crippen LogP contribution in [0.4, 0.5) is 4.39 Å². The van der Waals surface area contributed by atoms with Gasteiger partial charge in [0.05, 0.1) is 0 Å². The molecule has 0 atom stereocenters. The molecular formula is C16H14Br2ClF. The van der Waals surface area contributed by atoms with Crippen LogP contribution in [0.3, 0.4) is 0 Å². The Kier molecular flexibility index (Phi) is 5.65. The minimum Gasteiger partial charge on any atom is -0.207 e. The second kappa shape index (κ2) is 7.06. The molecule has 106 valence electrons. The Hall–Kier alpha value is -0.380. The molecule has 0 fully saturated rings. The summed E-state index contributed by atoms with van der Waals surface area (Å²) in [6, 6.07) is 14.6. The van der Waals surface area contributed by atoms with Crippen LogP contribution >= 0.6 is 43.5 Å². The Bertz CT molecular complexity index is 582. The lowest BCUT2D eigenvalue weighted by atomic mass is 9.79. The van der Waals surface area contributed by atoms with Gasteiger partial charge in [0.2, 0.25) is 0 Å². The fraction of sp³-hybridized carbons (Fsp3) is 0.250. The average Bonchev–Trinajstić information content (AvgIpc) is 2.47. The molecule has 0 aliphatic heterocycles. The maximum atomic E-state index is 13.5. The molecule has 4 heteroatoms. The van der Waals surface area contributed by atoms with E-state index in [0.717, 1.165) is 33.2 Å². The minimum absolute atomic E-state index is 0.215. The predicted octanol–water partition coefficient (Wildman–Crippen LogP) is 5.75. The highest BCUT2D eigenvalue weighted by Crippen LogP contribution is 2.35. The standard InChI is InChI=1S/C16H14Br2ClF/c17-10-16(11-18,13-5-3-6-14(20)8-13)9-12-4-1-2-7-15(12)19/h1-8H,9-11H2. The lowest BCUT2D eigenvalue weighted by Crippen LogP contribution is -2.33. The van der Waals surface area contributed by atoms with E-state index < -0.39 is 0 Å². The van der Waals surface area contributed by atoms with Crippen molar-refractivity contribution in [1.29, 1.82) is 0 Å². The van der Waals surface area contributed by atoms with Crippen molar-refractivity contribution in [1.82, 2.24) is 0 Å². The van der Waals surface area contributed by atoms with Crippen LogP contribution in [0, 0.1) is 5.82 Å². The van der Waals surface area contributed by atoms with Crippen molar-refractivity contribution in [2.45, 2.75) is 11.8 Å². The van der Waals surface area contributed by atoms with Gasteiger partial charge in [-0.3, -0.25) is 0 Å². The zero-order chi connectivity index (χ0) is 14.6. The summed E-state index contributed by atoms with van der Waals surface area (Å²) in [6.45, 7) is 0. The Balaban J connectivity index is 2.42. The summed E-state index contributed by atoms with van der Waals surface area (Å²) in [4.78, 5) is 0. The number of hydrogen-bond acceptors (Lipinski definition) is 0. The van der Waals surface area contributed by atoms with E-state index in [-0.39, 0.29) is 11.2 Å². The lowest BCUT2D eigenvalue weighted by Gasteiger charge is -2.31. The second-order valence-corrected chi connectivity index (χ2v) is 6.35. The van der Waals surface area contributed by atoms with Gasteiger partial charge >= 0.3 is 0 Å². The molecule has 0 saturated heterocycles. The molecule has 0 aromatic heterocycles. The van der Waals surface area contributed by atoms with Crippen LogP contribution in [0.25, 0.3) is 0 Å². The summed E-state index contributed by atoms with van der Waals surface area (Å²) in [5.74, 6) is -0.215. The van der Waals surface area contributed by atoms with E-state index in [0.29, 0.717) is 0 Å². The number of benzene rings is 2. The first-order chi connectivity index (χ1) is 9.61. The van der Waals surface area contributed by atoms with Crippen LogP contribution in [0.15, 0.2) is 48.5 Å². The van der Waals surface area contributed by atoms with Gasteiger partial charge in [-0.2, -0.15) is 0 Å². The summed E-state index contributed by atoms with van der Waals surface area (Å²) >= 11 is 13.4. The van der Waals surface area contributed by atoms with E-state index in [4.69, 9.17) is 11.6 Å². The van der Waals surface area contributed by atoms with E-state index in [1.165, 1.54) is 6.07 Å². The third-order valence-electron chi connectivity index (χ3n) is 3.44. The van der Waals surface area contributed by atoms with Gasteiger partial charge in [-0.15, -0.1) is 0 Å². The molecule has 2 rings (SSSR count). The largest absolute Gasteiger partial charge is 0.207 e. The van der Waals surface area contributed by atoms with Gasteiger partial charge in [-0.05, 0) is 35.7 Å². The molecule has 0 nitrogen and oxygen atoms in total. The van der Waals surface area contributed by atoms with Crippen molar-refractivity contribution in [2.75, 3.05) is 10.7 Å². The number of rotatable bonds is 5. The Morgan fingerprint density at radius 1 is 1.00 bits per heavy atom. The molecule has 0 radical (unpaired) electrons. The molecule has 20 heavy (non-hydrogen) atoms. The summed E-state index contributed by atoms with van der Waals surface area (Å²) in [7, 11) is 0. The fourth-order valence-corrected chi connectivity index (χ4v) is 4.39. The maximum Gasteiger partial charge on any atom is 0.123 e. The molecule has 0 unspecified atom stereocenters. The minimum atomic E-state index is -0.229. The quantitative estimate of drug-likeness (QED) is 0.541. The van der Waals surface area contributed by atoms with Gasteiger partial charge in [-0.1, -0.05) is 73.8 Å². The van der Waals surface area contributed by atoms with E-state index in [2.05, 4.69) is 31.9 Å². The topological polar surface area (TPSA) is 0 Å². The summed E-state index contributed by atoms with van der Waals surface area (Å²) in [6.07, 6.45) is 0.743. The summed E-state index contributed by atoms with van der Waals surface area (Å²) < 4.78 is 13.5. The Morgan fingerprint density at radius 3 is 2.30 bits per heavy atom. The zero-order valence-electron chi connectivity index (χ0n) is 10.8. The van der Waals surface area contributed by atoms with Crippen LogP contribution in [0.2, 0.25) is 5.02 Å². The van der Waals surface area contributed by atoms with Gasteiger partial charge in [0, 0.05) is 21.1 Å². The molecule has 0 aliphatic rings. The zero-order valence-corrected chi connectivity index (χ0v) is 14.7. The molecule has 0 heterocycles. The molecule has 0 saturated carbocycles. The first-order valence-electron chi connectivity index (χ1n) is 6.23. The third kappa shape index (κ3) is 3.44. The van der Waals surface area contributed by atoms with Crippen molar-refractivity contribution < 1.29 is 4.39 Å². The Morgan fingerprint density at radius 2 is 1.70 bits per heavy atom. The van der Waals surface area contributed by atoms with Gasteiger partial charge in [-0.25, -0.2) is 4.39 Å². The van der Waals surface area contributed by atoms with E-state index in [1.807, 2.05) is 30.3 Å². The highest BCUT2D eigenvalue weighted by Gasteiger charge is 2.31. The molecule has 0 N–H and O–H groups in total. The first kappa shape index (κ1) is 16.0. The normalized spacial score (nSPS) is 11.6. The van der Waals surface area contributed by atoms with Gasteiger partial charge in [0.15, 0.2) is 0 Å². The predicted molar refractivity (Wildman–Crippen MR) is 90.8 cm³/mol. The average molecular weight is 421 g/mol. The molecule has 0 bridgehead atoms. The second-order valence-electron chi connectivity index (χ2n) is 4.83.